The fourth-order valence-electron chi connectivity index (χ4n) is 1.48. The fraction of sp³-hybridized carbons (Fsp3) is 0.875. The Morgan fingerprint density at radius 3 is 2.85 bits per heavy atom. The largest absolute Gasteiger partial charge is 0.316 e. The number of hydrogen-bond acceptors (Lipinski definition) is 3. The van der Waals surface area contributed by atoms with E-state index in [2.05, 4.69) is 5.32 Å². The SMILES string of the molecule is O=C(C(F)C1CNC1)N1CCCO1. The van der Waals surface area contributed by atoms with E-state index in [9.17, 15) is 9.18 Å². The van der Waals surface area contributed by atoms with Gasteiger partial charge in [0.2, 0.25) is 0 Å². The summed E-state index contributed by atoms with van der Waals surface area (Å²) >= 11 is 0. The van der Waals surface area contributed by atoms with Gasteiger partial charge in [0.1, 0.15) is 0 Å². The van der Waals surface area contributed by atoms with E-state index in [4.69, 9.17) is 4.84 Å². The summed E-state index contributed by atoms with van der Waals surface area (Å²) in [6.07, 6.45) is -0.583. The summed E-state index contributed by atoms with van der Waals surface area (Å²) in [6.45, 7) is 2.25. The van der Waals surface area contributed by atoms with Crippen LogP contribution in [0.3, 0.4) is 0 Å². The summed E-state index contributed by atoms with van der Waals surface area (Å²) in [5.74, 6) is -0.666. The Morgan fingerprint density at radius 2 is 2.38 bits per heavy atom. The summed E-state index contributed by atoms with van der Waals surface area (Å²) in [5.41, 5.74) is 0. The molecule has 0 bridgehead atoms. The van der Waals surface area contributed by atoms with Gasteiger partial charge < -0.3 is 5.32 Å². The third-order valence-electron chi connectivity index (χ3n) is 2.46. The first-order chi connectivity index (χ1) is 6.29. The van der Waals surface area contributed by atoms with Crippen molar-refractivity contribution in [2.45, 2.75) is 12.6 Å². The van der Waals surface area contributed by atoms with Gasteiger partial charge >= 0.3 is 0 Å². The van der Waals surface area contributed by atoms with Crippen molar-refractivity contribution >= 4 is 5.91 Å². The lowest BCUT2D eigenvalue weighted by atomic mass is 9.97. The molecule has 0 saturated carbocycles. The minimum Gasteiger partial charge on any atom is -0.316 e. The zero-order valence-electron chi connectivity index (χ0n) is 7.33. The van der Waals surface area contributed by atoms with Crippen LogP contribution < -0.4 is 5.32 Å². The van der Waals surface area contributed by atoms with Gasteiger partial charge in [0.05, 0.1) is 13.2 Å². The average molecular weight is 188 g/mol. The first kappa shape index (κ1) is 8.90. The Balaban J connectivity index is 1.87. The molecule has 1 atom stereocenters. The van der Waals surface area contributed by atoms with Crippen molar-refractivity contribution in [2.75, 3.05) is 26.2 Å². The Labute approximate surface area is 76.0 Å². The van der Waals surface area contributed by atoms with Crippen LogP contribution in [0.15, 0.2) is 0 Å². The van der Waals surface area contributed by atoms with Crippen molar-refractivity contribution in [2.24, 2.45) is 5.92 Å². The lowest BCUT2D eigenvalue weighted by molar-refractivity contribution is -0.177. The van der Waals surface area contributed by atoms with Crippen LogP contribution in [0.25, 0.3) is 0 Å². The predicted molar refractivity (Wildman–Crippen MR) is 43.5 cm³/mol. The molecule has 2 aliphatic rings. The molecule has 0 aromatic carbocycles. The number of amides is 1. The summed E-state index contributed by atoms with van der Waals surface area (Å²) in [7, 11) is 0. The molecular formula is C8H13FN2O2. The third kappa shape index (κ3) is 1.66. The van der Waals surface area contributed by atoms with E-state index in [1.165, 1.54) is 0 Å². The summed E-state index contributed by atoms with van der Waals surface area (Å²) < 4.78 is 13.4. The van der Waals surface area contributed by atoms with Crippen molar-refractivity contribution in [1.82, 2.24) is 10.4 Å². The molecule has 0 aromatic rings. The van der Waals surface area contributed by atoms with Gasteiger partial charge in [-0.25, -0.2) is 9.45 Å². The Morgan fingerprint density at radius 1 is 1.62 bits per heavy atom. The fourth-order valence-corrected chi connectivity index (χ4v) is 1.48. The molecule has 2 heterocycles. The molecule has 0 aromatic heterocycles. The quantitative estimate of drug-likeness (QED) is 0.647. The molecule has 2 fully saturated rings. The highest BCUT2D eigenvalue weighted by Gasteiger charge is 2.36. The molecule has 2 rings (SSSR count). The Bertz CT molecular complexity index is 202. The first-order valence-corrected chi connectivity index (χ1v) is 4.58. The van der Waals surface area contributed by atoms with Gasteiger partial charge in [0.25, 0.3) is 5.91 Å². The summed E-state index contributed by atoms with van der Waals surface area (Å²) in [5, 5.41) is 4.09. The maximum atomic E-state index is 13.4. The van der Waals surface area contributed by atoms with Gasteiger partial charge in [0.15, 0.2) is 6.17 Å². The van der Waals surface area contributed by atoms with Crippen LogP contribution >= 0.6 is 0 Å². The second-order valence-corrected chi connectivity index (χ2v) is 3.45. The van der Waals surface area contributed by atoms with Crippen LogP contribution in [0.4, 0.5) is 4.39 Å². The van der Waals surface area contributed by atoms with Crippen LogP contribution in [0, 0.1) is 5.92 Å². The lowest BCUT2D eigenvalue weighted by Crippen LogP contribution is -2.52. The van der Waals surface area contributed by atoms with Crippen molar-refractivity contribution in [3.63, 3.8) is 0 Å². The van der Waals surface area contributed by atoms with Gasteiger partial charge in [-0.15, -0.1) is 0 Å². The topological polar surface area (TPSA) is 41.6 Å². The van der Waals surface area contributed by atoms with Crippen LogP contribution in [-0.4, -0.2) is 43.4 Å². The number of rotatable bonds is 2. The van der Waals surface area contributed by atoms with Gasteiger partial charge in [-0.1, -0.05) is 0 Å². The molecule has 2 saturated heterocycles. The van der Waals surface area contributed by atoms with E-state index in [-0.39, 0.29) is 5.92 Å². The smallest absolute Gasteiger partial charge is 0.281 e. The zero-order valence-corrected chi connectivity index (χ0v) is 7.33. The number of carbonyl (C=O) groups is 1. The number of nitrogens with zero attached hydrogens (tertiary/aromatic N) is 1. The molecule has 1 unspecified atom stereocenters. The lowest BCUT2D eigenvalue weighted by Gasteiger charge is -2.30. The molecule has 74 valence electrons. The highest BCUT2D eigenvalue weighted by Crippen LogP contribution is 2.17. The number of hydrogen-bond donors (Lipinski definition) is 1. The van der Waals surface area contributed by atoms with Crippen LogP contribution in [0.2, 0.25) is 0 Å². The van der Waals surface area contributed by atoms with E-state index in [0.29, 0.717) is 26.2 Å². The van der Waals surface area contributed by atoms with Crippen molar-refractivity contribution in [1.29, 1.82) is 0 Å². The number of carbonyl (C=O) groups excluding carboxylic acids is 1. The molecule has 4 nitrogen and oxygen atoms in total. The normalized spacial score (nSPS) is 25.8. The second-order valence-electron chi connectivity index (χ2n) is 3.45. The van der Waals surface area contributed by atoms with Crippen LogP contribution in [0.1, 0.15) is 6.42 Å². The number of hydroxylamine groups is 2. The van der Waals surface area contributed by atoms with Crippen LogP contribution in [0.5, 0.6) is 0 Å². The van der Waals surface area contributed by atoms with Gasteiger partial charge in [-0.05, 0) is 6.42 Å². The van der Waals surface area contributed by atoms with Gasteiger partial charge in [0, 0.05) is 19.0 Å². The maximum Gasteiger partial charge on any atom is 0.281 e. The van der Waals surface area contributed by atoms with E-state index in [1.54, 1.807) is 0 Å². The van der Waals surface area contributed by atoms with Crippen molar-refractivity contribution in [3.8, 4) is 0 Å². The minimum absolute atomic E-state index is 0.156. The Kier molecular flexibility index (Phi) is 2.46. The molecule has 13 heavy (non-hydrogen) atoms. The number of nitrogens with one attached hydrogen (secondary N) is 1. The molecule has 1 N–H and O–H groups in total. The van der Waals surface area contributed by atoms with Crippen molar-refractivity contribution in [3.05, 3.63) is 0 Å². The van der Waals surface area contributed by atoms with E-state index in [0.717, 1.165) is 11.5 Å². The van der Waals surface area contributed by atoms with Gasteiger partial charge in [-0.2, -0.15) is 0 Å². The standard InChI is InChI=1S/C8H13FN2O2/c9-7(6-4-10-5-6)8(12)11-2-1-3-13-11/h6-7,10H,1-5H2. The highest BCUT2D eigenvalue weighted by molar-refractivity contribution is 5.80. The second kappa shape index (κ2) is 3.59. The summed E-state index contributed by atoms with van der Waals surface area (Å²) in [4.78, 5) is 16.4. The van der Waals surface area contributed by atoms with E-state index < -0.39 is 12.1 Å². The molecule has 0 radical (unpaired) electrons. The highest BCUT2D eigenvalue weighted by atomic mass is 19.1. The monoisotopic (exact) mass is 188 g/mol. The average Bonchev–Trinajstić information content (AvgIpc) is 2.51. The molecule has 1 amide bonds. The first-order valence-electron chi connectivity index (χ1n) is 4.58. The molecule has 0 aliphatic carbocycles. The Hall–Kier alpha value is -0.680. The molecule has 2 aliphatic heterocycles. The number of alkyl halides is 1. The molecule has 5 heteroatoms. The predicted octanol–water partition coefficient (Wildman–Crippen LogP) is -0.292. The molecular weight excluding hydrogens is 175 g/mol. The van der Waals surface area contributed by atoms with Gasteiger partial charge in [-0.3, -0.25) is 9.63 Å². The number of halogens is 1. The summed E-state index contributed by atoms with van der Waals surface area (Å²) in [6, 6.07) is 0. The van der Waals surface area contributed by atoms with Crippen molar-refractivity contribution < 1.29 is 14.0 Å². The van der Waals surface area contributed by atoms with E-state index in [1.807, 2.05) is 0 Å². The third-order valence-corrected chi connectivity index (χ3v) is 2.46. The molecule has 0 spiro atoms. The minimum atomic E-state index is -1.39. The maximum absolute atomic E-state index is 13.4. The zero-order chi connectivity index (χ0) is 9.26. The van der Waals surface area contributed by atoms with Crippen LogP contribution in [-0.2, 0) is 9.63 Å². The van der Waals surface area contributed by atoms with E-state index >= 15 is 0 Å².